The maximum Gasteiger partial charge on any atom is 0.109 e. The van der Waals surface area contributed by atoms with Crippen molar-refractivity contribution in [3.63, 3.8) is 0 Å². The minimum absolute atomic E-state index is 0.214. The molecule has 0 aliphatic rings. The summed E-state index contributed by atoms with van der Waals surface area (Å²) >= 11 is 1.64. The number of terminal acetylenes is 1. The molecule has 0 spiro atoms. The monoisotopic (exact) mass is 194 g/mol. The van der Waals surface area contributed by atoms with E-state index in [4.69, 9.17) is 6.42 Å². The lowest BCUT2D eigenvalue weighted by Crippen LogP contribution is -2.39. The van der Waals surface area contributed by atoms with Crippen molar-refractivity contribution in [2.24, 2.45) is 0 Å². The van der Waals surface area contributed by atoms with Crippen molar-refractivity contribution < 1.29 is 0 Å². The second-order valence-corrected chi connectivity index (χ2v) is 4.43. The van der Waals surface area contributed by atoms with Gasteiger partial charge in [-0.3, -0.25) is 5.32 Å². The molecule has 1 aromatic rings. The fraction of sp³-hybridized carbons (Fsp3) is 0.500. The molecule has 1 atom stereocenters. The first kappa shape index (κ1) is 10.2. The average Bonchev–Trinajstić information content (AvgIpc) is 2.55. The van der Waals surface area contributed by atoms with Gasteiger partial charge in [0.25, 0.3) is 0 Å². The van der Waals surface area contributed by atoms with E-state index in [9.17, 15) is 0 Å². The van der Waals surface area contributed by atoms with Crippen molar-refractivity contribution in [1.29, 1.82) is 0 Å². The predicted molar refractivity (Wildman–Crippen MR) is 56.6 cm³/mol. The molecule has 1 rings (SSSR count). The average molecular weight is 194 g/mol. The van der Waals surface area contributed by atoms with Crippen LogP contribution in [0.4, 0.5) is 0 Å². The first-order chi connectivity index (χ1) is 6.05. The van der Waals surface area contributed by atoms with Crippen molar-refractivity contribution >= 4 is 11.3 Å². The second-order valence-electron chi connectivity index (χ2n) is 3.51. The zero-order valence-corrected chi connectivity index (χ0v) is 8.98. The zero-order valence-electron chi connectivity index (χ0n) is 8.16. The third-order valence-corrected chi connectivity index (χ3v) is 2.72. The predicted octanol–water partition coefficient (Wildman–Crippen LogP) is 2.21. The lowest BCUT2D eigenvalue weighted by molar-refractivity contribution is 0.430. The molecule has 1 unspecified atom stereocenters. The van der Waals surface area contributed by atoms with E-state index < -0.39 is 0 Å². The SMILES string of the molecule is C#CC(C)(C)NC(C)c1nccs1. The fourth-order valence-corrected chi connectivity index (χ4v) is 1.74. The molecule has 0 saturated carbocycles. The van der Waals surface area contributed by atoms with Gasteiger partial charge in [0.05, 0.1) is 11.6 Å². The van der Waals surface area contributed by atoms with Gasteiger partial charge >= 0.3 is 0 Å². The van der Waals surface area contributed by atoms with Crippen LogP contribution in [0, 0.1) is 12.3 Å². The fourth-order valence-electron chi connectivity index (χ4n) is 1.09. The third kappa shape index (κ3) is 2.83. The molecular formula is C10H14N2S. The number of aromatic nitrogens is 1. The lowest BCUT2D eigenvalue weighted by Gasteiger charge is -2.23. The Hall–Kier alpha value is -0.850. The molecular weight excluding hydrogens is 180 g/mol. The van der Waals surface area contributed by atoms with E-state index in [1.165, 1.54) is 0 Å². The molecule has 3 heteroatoms. The van der Waals surface area contributed by atoms with E-state index in [0.717, 1.165) is 5.01 Å². The van der Waals surface area contributed by atoms with Gasteiger partial charge < -0.3 is 0 Å². The first-order valence-corrected chi connectivity index (χ1v) is 5.08. The van der Waals surface area contributed by atoms with E-state index in [1.807, 2.05) is 19.2 Å². The Morgan fingerprint density at radius 2 is 2.38 bits per heavy atom. The molecule has 0 fully saturated rings. The maximum absolute atomic E-state index is 5.38. The van der Waals surface area contributed by atoms with Crippen LogP contribution in [-0.4, -0.2) is 10.5 Å². The highest BCUT2D eigenvalue weighted by Crippen LogP contribution is 2.17. The number of thiazole rings is 1. The Morgan fingerprint density at radius 3 is 2.85 bits per heavy atom. The number of nitrogens with one attached hydrogen (secondary N) is 1. The number of hydrogen-bond donors (Lipinski definition) is 1. The molecule has 1 heterocycles. The third-order valence-electron chi connectivity index (χ3n) is 1.76. The summed E-state index contributed by atoms with van der Waals surface area (Å²) in [4.78, 5) is 4.22. The highest BCUT2D eigenvalue weighted by atomic mass is 32.1. The van der Waals surface area contributed by atoms with Gasteiger partial charge in [-0.2, -0.15) is 0 Å². The van der Waals surface area contributed by atoms with Crippen molar-refractivity contribution in [3.05, 3.63) is 16.6 Å². The summed E-state index contributed by atoms with van der Waals surface area (Å²) in [5, 5.41) is 6.36. The summed E-state index contributed by atoms with van der Waals surface area (Å²) in [6.07, 6.45) is 7.19. The number of nitrogens with zero attached hydrogens (tertiary/aromatic N) is 1. The summed E-state index contributed by atoms with van der Waals surface area (Å²) in [6, 6.07) is 0.214. The second kappa shape index (κ2) is 3.91. The van der Waals surface area contributed by atoms with E-state index in [2.05, 4.69) is 23.1 Å². The van der Waals surface area contributed by atoms with Gasteiger partial charge in [0.15, 0.2) is 0 Å². The highest BCUT2D eigenvalue weighted by molar-refractivity contribution is 7.09. The van der Waals surface area contributed by atoms with Gasteiger partial charge in [0.1, 0.15) is 5.01 Å². The molecule has 0 bridgehead atoms. The molecule has 0 aliphatic carbocycles. The Balaban J connectivity index is 2.62. The largest absolute Gasteiger partial charge is 0.293 e. The Kier molecular flexibility index (Phi) is 3.07. The van der Waals surface area contributed by atoms with Crippen molar-refractivity contribution in [3.8, 4) is 12.3 Å². The zero-order chi connectivity index (χ0) is 9.90. The molecule has 0 aromatic carbocycles. The summed E-state index contributed by atoms with van der Waals surface area (Å²) < 4.78 is 0. The number of hydrogen-bond acceptors (Lipinski definition) is 3. The molecule has 0 amide bonds. The molecule has 0 aliphatic heterocycles. The topological polar surface area (TPSA) is 24.9 Å². The van der Waals surface area contributed by atoms with Crippen molar-refractivity contribution in [2.45, 2.75) is 32.4 Å². The summed E-state index contributed by atoms with van der Waals surface area (Å²) in [5.41, 5.74) is -0.273. The van der Waals surface area contributed by atoms with Crippen LogP contribution in [-0.2, 0) is 0 Å². The van der Waals surface area contributed by atoms with Gasteiger partial charge in [-0.15, -0.1) is 17.8 Å². The Bertz CT molecular complexity index is 295. The molecule has 2 nitrogen and oxygen atoms in total. The minimum Gasteiger partial charge on any atom is -0.293 e. The first-order valence-electron chi connectivity index (χ1n) is 4.20. The van der Waals surface area contributed by atoms with Crippen LogP contribution in [0.3, 0.4) is 0 Å². The highest BCUT2D eigenvalue weighted by Gasteiger charge is 2.18. The molecule has 1 aromatic heterocycles. The van der Waals surface area contributed by atoms with E-state index in [1.54, 1.807) is 17.5 Å². The smallest absolute Gasteiger partial charge is 0.109 e. The van der Waals surface area contributed by atoms with Crippen LogP contribution < -0.4 is 5.32 Å². The molecule has 13 heavy (non-hydrogen) atoms. The van der Waals surface area contributed by atoms with Crippen LogP contribution >= 0.6 is 11.3 Å². The van der Waals surface area contributed by atoms with Crippen LogP contribution in [0.1, 0.15) is 31.8 Å². The summed E-state index contributed by atoms with van der Waals surface area (Å²) in [6.45, 7) is 6.03. The Labute approximate surface area is 83.4 Å². The standard InChI is InChI=1S/C10H14N2S/c1-5-10(3,4)12-8(2)9-11-6-7-13-9/h1,6-8,12H,2-4H3. The van der Waals surface area contributed by atoms with Gasteiger partial charge in [0, 0.05) is 11.6 Å². The molecule has 1 N–H and O–H groups in total. The normalized spacial score (nSPS) is 13.7. The van der Waals surface area contributed by atoms with E-state index in [-0.39, 0.29) is 11.6 Å². The lowest BCUT2D eigenvalue weighted by atomic mass is 10.1. The number of rotatable bonds is 3. The van der Waals surface area contributed by atoms with Crippen LogP contribution in [0.2, 0.25) is 0 Å². The summed E-state index contributed by atoms with van der Waals surface area (Å²) in [5.74, 6) is 2.70. The van der Waals surface area contributed by atoms with Crippen LogP contribution in [0.15, 0.2) is 11.6 Å². The van der Waals surface area contributed by atoms with Gasteiger partial charge in [-0.05, 0) is 20.8 Å². The van der Waals surface area contributed by atoms with Crippen molar-refractivity contribution in [2.75, 3.05) is 0 Å². The van der Waals surface area contributed by atoms with Gasteiger partial charge in [-0.1, -0.05) is 5.92 Å². The molecule has 0 radical (unpaired) electrons. The van der Waals surface area contributed by atoms with Crippen molar-refractivity contribution in [1.82, 2.24) is 10.3 Å². The quantitative estimate of drug-likeness (QED) is 0.746. The molecule has 70 valence electrons. The molecule has 0 saturated heterocycles. The van der Waals surface area contributed by atoms with E-state index >= 15 is 0 Å². The van der Waals surface area contributed by atoms with Gasteiger partial charge in [-0.25, -0.2) is 4.98 Å². The Morgan fingerprint density at radius 1 is 1.69 bits per heavy atom. The minimum atomic E-state index is -0.273. The van der Waals surface area contributed by atoms with E-state index in [0.29, 0.717) is 0 Å². The van der Waals surface area contributed by atoms with Crippen LogP contribution in [0.5, 0.6) is 0 Å². The maximum atomic E-state index is 5.38. The van der Waals surface area contributed by atoms with Gasteiger partial charge in [0.2, 0.25) is 0 Å². The van der Waals surface area contributed by atoms with Crippen LogP contribution in [0.25, 0.3) is 0 Å². The summed E-state index contributed by atoms with van der Waals surface area (Å²) in [7, 11) is 0.